The average Bonchev–Trinajstić information content (AvgIpc) is 2.75. The van der Waals surface area contributed by atoms with Crippen molar-refractivity contribution in [1.29, 1.82) is 0 Å². The highest BCUT2D eigenvalue weighted by Gasteiger charge is 2.07. The third kappa shape index (κ3) is 2.09. The number of aromatic nitrogens is 3. The molecule has 3 rings (SSSR count). The largest absolute Gasteiger partial charge is 0.374 e. The third-order valence-corrected chi connectivity index (χ3v) is 4.11. The van der Waals surface area contributed by atoms with Crippen molar-refractivity contribution in [3.05, 3.63) is 36.5 Å². The van der Waals surface area contributed by atoms with Crippen LogP contribution in [0.15, 0.2) is 45.8 Å². The smallest absolute Gasteiger partial charge is 0.203 e. The lowest BCUT2D eigenvalue weighted by atomic mass is 10.2. The van der Waals surface area contributed by atoms with Crippen LogP contribution in [0.5, 0.6) is 0 Å². The fourth-order valence-electron chi connectivity index (χ4n) is 1.51. The second-order valence-electron chi connectivity index (χ2n) is 3.33. The maximum Gasteiger partial charge on any atom is 0.203 e. The van der Waals surface area contributed by atoms with Crippen molar-refractivity contribution in [2.45, 2.75) is 9.24 Å². The van der Waals surface area contributed by atoms with E-state index in [9.17, 15) is 0 Å². The van der Waals surface area contributed by atoms with E-state index in [0.29, 0.717) is 5.13 Å². The highest BCUT2D eigenvalue weighted by atomic mass is 32.2. The van der Waals surface area contributed by atoms with Crippen molar-refractivity contribution in [2.24, 2.45) is 0 Å². The Morgan fingerprint density at radius 1 is 1.12 bits per heavy atom. The lowest BCUT2D eigenvalue weighted by Crippen LogP contribution is -1.81. The van der Waals surface area contributed by atoms with Gasteiger partial charge < -0.3 is 5.73 Å². The van der Waals surface area contributed by atoms with Gasteiger partial charge in [-0.15, -0.1) is 10.2 Å². The van der Waals surface area contributed by atoms with Gasteiger partial charge in [0.2, 0.25) is 5.13 Å². The molecule has 84 valence electrons. The van der Waals surface area contributed by atoms with E-state index in [1.165, 1.54) is 11.3 Å². The zero-order chi connectivity index (χ0) is 11.7. The van der Waals surface area contributed by atoms with Crippen LogP contribution in [0.25, 0.3) is 10.9 Å². The van der Waals surface area contributed by atoms with E-state index in [-0.39, 0.29) is 0 Å². The lowest BCUT2D eigenvalue weighted by molar-refractivity contribution is 1.02. The molecular formula is C11H8N4S2. The Bertz CT molecular complexity index is 660. The van der Waals surface area contributed by atoms with E-state index in [2.05, 4.69) is 21.2 Å². The monoisotopic (exact) mass is 260 g/mol. The summed E-state index contributed by atoms with van der Waals surface area (Å²) in [4.78, 5) is 5.44. The Labute approximate surface area is 106 Å². The fraction of sp³-hybridized carbons (Fsp3) is 0. The van der Waals surface area contributed by atoms with Crippen LogP contribution in [0.1, 0.15) is 0 Å². The molecule has 0 saturated heterocycles. The van der Waals surface area contributed by atoms with Gasteiger partial charge in [-0.25, -0.2) is 0 Å². The maximum atomic E-state index is 5.56. The van der Waals surface area contributed by atoms with Crippen LogP contribution in [-0.4, -0.2) is 15.2 Å². The van der Waals surface area contributed by atoms with Gasteiger partial charge >= 0.3 is 0 Å². The second kappa shape index (κ2) is 4.31. The minimum absolute atomic E-state index is 0.492. The summed E-state index contributed by atoms with van der Waals surface area (Å²) in [5.41, 5.74) is 6.55. The number of pyridine rings is 1. The van der Waals surface area contributed by atoms with Crippen molar-refractivity contribution in [3.8, 4) is 0 Å². The van der Waals surface area contributed by atoms with Gasteiger partial charge in [0.25, 0.3) is 0 Å². The number of nitrogens with zero attached hydrogens (tertiary/aromatic N) is 3. The topological polar surface area (TPSA) is 64.7 Å². The Kier molecular flexibility index (Phi) is 2.66. The highest BCUT2D eigenvalue weighted by Crippen LogP contribution is 2.34. The van der Waals surface area contributed by atoms with E-state index in [1.807, 2.05) is 24.3 Å². The first-order chi connectivity index (χ1) is 8.33. The summed E-state index contributed by atoms with van der Waals surface area (Å²) in [7, 11) is 0. The van der Waals surface area contributed by atoms with E-state index in [4.69, 9.17) is 5.73 Å². The van der Waals surface area contributed by atoms with E-state index >= 15 is 0 Å². The number of nitrogen functional groups attached to an aromatic ring is 1. The van der Waals surface area contributed by atoms with E-state index in [1.54, 1.807) is 18.0 Å². The molecule has 0 bridgehead atoms. The summed E-state index contributed by atoms with van der Waals surface area (Å²) in [5.74, 6) is 0. The van der Waals surface area contributed by atoms with Crippen molar-refractivity contribution in [2.75, 3.05) is 5.73 Å². The van der Waals surface area contributed by atoms with Gasteiger partial charge in [-0.05, 0) is 12.1 Å². The predicted molar refractivity (Wildman–Crippen MR) is 70.2 cm³/mol. The molecule has 6 heteroatoms. The van der Waals surface area contributed by atoms with E-state index in [0.717, 1.165) is 20.1 Å². The molecule has 2 aromatic heterocycles. The van der Waals surface area contributed by atoms with Crippen LogP contribution in [-0.2, 0) is 0 Å². The molecule has 0 aliphatic rings. The van der Waals surface area contributed by atoms with Gasteiger partial charge in [-0.3, -0.25) is 4.98 Å². The summed E-state index contributed by atoms with van der Waals surface area (Å²) in [6.45, 7) is 0. The number of benzene rings is 1. The van der Waals surface area contributed by atoms with Crippen LogP contribution in [0.2, 0.25) is 0 Å². The molecule has 0 radical (unpaired) electrons. The molecule has 0 atom stereocenters. The van der Waals surface area contributed by atoms with Crippen LogP contribution in [0, 0.1) is 0 Å². The van der Waals surface area contributed by atoms with Crippen LogP contribution >= 0.6 is 23.1 Å². The SMILES string of the molecule is Nc1nnc(Sc2ccnc3ccccc23)s1. The van der Waals surface area contributed by atoms with E-state index < -0.39 is 0 Å². The quantitative estimate of drug-likeness (QED) is 0.767. The Morgan fingerprint density at radius 2 is 2.00 bits per heavy atom. The Hall–Kier alpha value is -1.66. The summed E-state index contributed by atoms with van der Waals surface area (Å²) in [6, 6.07) is 10.0. The zero-order valence-electron chi connectivity index (χ0n) is 8.70. The van der Waals surface area contributed by atoms with Gasteiger partial charge in [0.15, 0.2) is 4.34 Å². The number of hydrogen-bond acceptors (Lipinski definition) is 6. The molecule has 1 aromatic carbocycles. The zero-order valence-corrected chi connectivity index (χ0v) is 10.3. The molecule has 0 spiro atoms. The summed E-state index contributed by atoms with van der Waals surface area (Å²) < 4.78 is 0.846. The molecule has 3 aromatic rings. The molecule has 0 amide bonds. The van der Waals surface area contributed by atoms with Gasteiger partial charge in [-0.2, -0.15) is 0 Å². The normalized spacial score (nSPS) is 10.8. The molecule has 2 heterocycles. The molecule has 0 unspecified atom stereocenters. The highest BCUT2D eigenvalue weighted by molar-refractivity contribution is 8.01. The van der Waals surface area contributed by atoms with Gasteiger partial charge in [0.05, 0.1) is 5.52 Å². The standard InChI is InChI=1S/C11H8N4S2/c12-10-14-15-11(17-10)16-9-5-6-13-8-4-2-1-3-7(8)9/h1-6H,(H2,12,14). The number of fused-ring (bicyclic) bond motifs is 1. The number of hydrogen-bond donors (Lipinski definition) is 1. The lowest BCUT2D eigenvalue weighted by Gasteiger charge is -2.02. The minimum atomic E-state index is 0.492. The molecule has 0 fully saturated rings. The summed E-state index contributed by atoms with van der Waals surface area (Å²) >= 11 is 2.95. The Balaban J connectivity index is 2.05. The van der Waals surface area contributed by atoms with Gasteiger partial charge in [0, 0.05) is 16.5 Å². The first kappa shape index (κ1) is 10.5. The van der Waals surface area contributed by atoms with Crippen molar-refractivity contribution < 1.29 is 0 Å². The van der Waals surface area contributed by atoms with Crippen molar-refractivity contribution >= 4 is 39.1 Å². The Morgan fingerprint density at radius 3 is 2.82 bits per heavy atom. The predicted octanol–water partition coefficient (Wildman–Crippen LogP) is 2.82. The third-order valence-electron chi connectivity index (χ3n) is 2.23. The first-order valence-electron chi connectivity index (χ1n) is 4.93. The minimum Gasteiger partial charge on any atom is -0.374 e. The number of anilines is 1. The summed E-state index contributed by atoms with van der Waals surface area (Å²) in [5, 5.41) is 9.42. The average molecular weight is 260 g/mol. The number of para-hydroxylation sites is 1. The molecular weight excluding hydrogens is 252 g/mol. The molecule has 4 nitrogen and oxygen atoms in total. The molecule has 0 saturated carbocycles. The van der Waals surface area contributed by atoms with Crippen molar-refractivity contribution in [3.63, 3.8) is 0 Å². The summed E-state index contributed by atoms with van der Waals surface area (Å²) in [6.07, 6.45) is 1.80. The number of rotatable bonds is 2. The van der Waals surface area contributed by atoms with Crippen LogP contribution in [0.3, 0.4) is 0 Å². The van der Waals surface area contributed by atoms with Crippen molar-refractivity contribution in [1.82, 2.24) is 15.2 Å². The maximum absolute atomic E-state index is 5.56. The number of nitrogens with two attached hydrogens (primary N) is 1. The van der Waals surface area contributed by atoms with Gasteiger partial charge in [-0.1, -0.05) is 41.3 Å². The molecule has 0 aliphatic carbocycles. The second-order valence-corrected chi connectivity index (χ2v) is 5.63. The molecule has 0 aliphatic heterocycles. The first-order valence-corrected chi connectivity index (χ1v) is 6.57. The van der Waals surface area contributed by atoms with Gasteiger partial charge in [0.1, 0.15) is 0 Å². The molecule has 17 heavy (non-hydrogen) atoms. The fourth-order valence-corrected chi connectivity index (χ4v) is 3.23. The van der Waals surface area contributed by atoms with Crippen LogP contribution in [0.4, 0.5) is 5.13 Å². The molecule has 2 N–H and O–H groups in total. The van der Waals surface area contributed by atoms with Crippen LogP contribution < -0.4 is 5.73 Å².